The molecule has 1 aliphatic heterocycles. The molecule has 1 aliphatic rings. The van der Waals surface area contributed by atoms with Gasteiger partial charge in [-0.05, 0) is 38.3 Å². The number of amides is 2. The van der Waals surface area contributed by atoms with Crippen molar-refractivity contribution < 1.29 is 33.6 Å². The smallest absolute Gasteiger partial charge is 0.497 e. The molecular formula is C26H32BN3O7S. The molecule has 2 heterocycles. The lowest BCUT2D eigenvalue weighted by Crippen LogP contribution is -2.59. The number of hydrogen-bond acceptors (Lipinski definition) is 9. The van der Waals surface area contributed by atoms with Crippen LogP contribution in [-0.4, -0.2) is 70.1 Å². The number of thioether (sulfide) groups is 1. The molecule has 12 heteroatoms. The van der Waals surface area contributed by atoms with Gasteiger partial charge in [-0.15, -0.1) is 11.8 Å². The molecule has 0 radical (unpaired) electrons. The van der Waals surface area contributed by atoms with Crippen LogP contribution in [0.25, 0.3) is 11.3 Å². The number of nitrogens with one attached hydrogen (secondary N) is 2. The van der Waals surface area contributed by atoms with Crippen molar-refractivity contribution in [2.45, 2.75) is 57.5 Å². The summed E-state index contributed by atoms with van der Waals surface area (Å²) in [6.45, 7) is 6.77. The minimum absolute atomic E-state index is 0.0273. The van der Waals surface area contributed by atoms with E-state index in [0.717, 1.165) is 17.3 Å². The van der Waals surface area contributed by atoms with E-state index in [4.69, 9.17) is 9.31 Å². The Balaban J connectivity index is 1.77. The Hall–Kier alpha value is -3.38. The highest BCUT2D eigenvalue weighted by Gasteiger charge is 2.43. The lowest BCUT2D eigenvalue weighted by atomic mass is 9.73. The van der Waals surface area contributed by atoms with E-state index in [0.29, 0.717) is 12.1 Å². The van der Waals surface area contributed by atoms with Crippen LogP contribution < -0.4 is 10.6 Å². The van der Waals surface area contributed by atoms with Crippen LogP contribution in [0.3, 0.4) is 0 Å². The topological polar surface area (TPSA) is 144 Å². The number of nitrogens with zero attached hydrogens (tertiary/aromatic N) is 1. The van der Waals surface area contributed by atoms with E-state index in [-0.39, 0.29) is 17.4 Å². The van der Waals surface area contributed by atoms with Gasteiger partial charge < -0.3 is 25.0 Å². The fraction of sp³-hybridized carbons (Fsp3) is 0.423. The van der Waals surface area contributed by atoms with Crippen molar-refractivity contribution >= 4 is 42.6 Å². The van der Waals surface area contributed by atoms with Gasteiger partial charge in [0.1, 0.15) is 11.7 Å². The molecule has 38 heavy (non-hydrogen) atoms. The van der Waals surface area contributed by atoms with Gasteiger partial charge in [-0.25, -0.2) is 4.98 Å². The molecule has 1 fully saturated rings. The molecule has 1 aromatic carbocycles. The summed E-state index contributed by atoms with van der Waals surface area (Å²) in [5, 5.41) is 15.0. The molecule has 0 aliphatic carbocycles. The van der Waals surface area contributed by atoms with Crippen molar-refractivity contribution in [1.82, 2.24) is 15.6 Å². The quantitative estimate of drug-likeness (QED) is 0.406. The third kappa shape index (κ3) is 8.06. The third-order valence-electron chi connectivity index (χ3n) is 5.75. The van der Waals surface area contributed by atoms with E-state index in [1.807, 2.05) is 44.2 Å². The first-order valence-corrected chi connectivity index (χ1v) is 13.4. The number of aromatic nitrogens is 1. The fourth-order valence-electron chi connectivity index (χ4n) is 3.79. The normalized spacial score (nSPS) is 18.4. The van der Waals surface area contributed by atoms with Crippen molar-refractivity contribution in [3.63, 3.8) is 0 Å². The number of rotatable bonds is 9. The summed E-state index contributed by atoms with van der Waals surface area (Å²) < 4.78 is 10.7. The first-order chi connectivity index (χ1) is 18.0. The highest BCUT2D eigenvalue weighted by Crippen LogP contribution is 2.20. The van der Waals surface area contributed by atoms with Gasteiger partial charge in [0.25, 0.3) is 5.91 Å². The van der Waals surface area contributed by atoms with E-state index in [2.05, 4.69) is 15.6 Å². The van der Waals surface area contributed by atoms with Crippen LogP contribution in [0.1, 0.15) is 44.6 Å². The summed E-state index contributed by atoms with van der Waals surface area (Å²) in [6.07, 6.45) is -0.963. The lowest BCUT2D eigenvalue weighted by Gasteiger charge is -2.29. The van der Waals surface area contributed by atoms with Gasteiger partial charge in [0.15, 0.2) is 0 Å². The largest absolute Gasteiger partial charge is 0.622 e. The predicted molar refractivity (Wildman–Crippen MR) is 144 cm³/mol. The van der Waals surface area contributed by atoms with Crippen molar-refractivity contribution in [3.05, 3.63) is 54.2 Å². The average Bonchev–Trinajstić information content (AvgIpc) is 2.88. The predicted octanol–water partition coefficient (Wildman–Crippen LogP) is 2.01. The Morgan fingerprint density at radius 2 is 1.79 bits per heavy atom. The van der Waals surface area contributed by atoms with Gasteiger partial charge in [-0.1, -0.05) is 50.2 Å². The summed E-state index contributed by atoms with van der Waals surface area (Å²) in [4.78, 5) is 55.2. The van der Waals surface area contributed by atoms with Crippen LogP contribution in [-0.2, 0) is 23.7 Å². The molecule has 1 aromatic heterocycles. The molecule has 3 rings (SSSR count). The second kappa shape index (κ2) is 13.4. The molecule has 202 valence electrons. The van der Waals surface area contributed by atoms with Crippen LogP contribution in [0, 0.1) is 5.92 Å². The van der Waals surface area contributed by atoms with E-state index in [1.165, 1.54) is 13.0 Å². The number of aliphatic hydroxyl groups excluding tert-OH is 1. The molecule has 0 spiro atoms. The van der Waals surface area contributed by atoms with Gasteiger partial charge in [-0.3, -0.25) is 19.2 Å². The number of carbonyl (C=O) groups excluding carboxylic acids is 4. The third-order valence-corrected chi connectivity index (χ3v) is 6.84. The van der Waals surface area contributed by atoms with Crippen LogP contribution in [0.5, 0.6) is 0 Å². The molecule has 0 bridgehead atoms. The van der Waals surface area contributed by atoms with Crippen LogP contribution in [0.2, 0.25) is 0 Å². The lowest BCUT2D eigenvalue weighted by molar-refractivity contribution is -0.140. The van der Waals surface area contributed by atoms with E-state index in [9.17, 15) is 24.3 Å². The molecule has 0 saturated carbocycles. The van der Waals surface area contributed by atoms with Gasteiger partial charge >= 0.3 is 19.1 Å². The van der Waals surface area contributed by atoms with Crippen molar-refractivity contribution in [1.29, 1.82) is 0 Å². The average molecular weight is 541 g/mol. The number of benzene rings is 1. The van der Waals surface area contributed by atoms with Crippen molar-refractivity contribution in [2.24, 2.45) is 5.92 Å². The zero-order chi connectivity index (χ0) is 27.8. The Morgan fingerprint density at radius 1 is 1.08 bits per heavy atom. The highest BCUT2D eigenvalue weighted by atomic mass is 32.2. The Kier molecular flexibility index (Phi) is 10.3. The molecule has 0 unspecified atom stereocenters. The summed E-state index contributed by atoms with van der Waals surface area (Å²) >= 11 is 1.10. The maximum Gasteiger partial charge on any atom is 0.622 e. The molecule has 3 N–H and O–H groups in total. The van der Waals surface area contributed by atoms with Gasteiger partial charge in [-0.2, -0.15) is 0 Å². The Bertz CT molecular complexity index is 1150. The number of carbonyl (C=O) groups is 4. The maximum absolute atomic E-state index is 13.3. The number of aliphatic hydroxyl groups is 1. The Labute approximate surface area is 226 Å². The second-order valence-electron chi connectivity index (χ2n) is 9.46. The van der Waals surface area contributed by atoms with Crippen LogP contribution in [0.15, 0.2) is 48.5 Å². The van der Waals surface area contributed by atoms with Crippen molar-refractivity contribution in [3.8, 4) is 11.3 Å². The summed E-state index contributed by atoms with van der Waals surface area (Å²) in [6, 6.07) is 12.9. The molecule has 2 aromatic rings. The molecule has 10 nitrogen and oxygen atoms in total. The fourth-order valence-corrected chi connectivity index (χ4v) is 4.44. The zero-order valence-corrected chi connectivity index (χ0v) is 22.6. The summed E-state index contributed by atoms with van der Waals surface area (Å²) in [5.74, 6) is -3.43. The van der Waals surface area contributed by atoms with Crippen LogP contribution in [0.4, 0.5) is 0 Å². The minimum Gasteiger partial charge on any atom is -0.497 e. The highest BCUT2D eigenvalue weighted by molar-refractivity contribution is 8.01. The van der Waals surface area contributed by atoms with E-state index >= 15 is 0 Å². The molecule has 4 atom stereocenters. The minimum atomic E-state index is -1.35. The second-order valence-corrected chi connectivity index (χ2v) is 10.8. The number of hydrogen-bond donors (Lipinski definition) is 3. The van der Waals surface area contributed by atoms with E-state index < -0.39 is 54.2 Å². The maximum atomic E-state index is 13.3. The van der Waals surface area contributed by atoms with Gasteiger partial charge in [0.05, 0.1) is 28.7 Å². The summed E-state index contributed by atoms with van der Waals surface area (Å²) in [5.41, 5.74) is 1.46. The molecule has 1 saturated heterocycles. The van der Waals surface area contributed by atoms with Gasteiger partial charge in [0.2, 0.25) is 5.91 Å². The zero-order valence-electron chi connectivity index (χ0n) is 21.7. The summed E-state index contributed by atoms with van der Waals surface area (Å²) in [7, 11) is -1.35. The Morgan fingerprint density at radius 3 is 2.45 bits per heavy atom. The number of pyridine rings is 1. The van der Waals surface area contributed by atoms with Crippen LogP contribution >= 0.6 is 11.8 Å². The molecule has 2 amide bonds. The monoisotopic (exact) mass is 541 g/mol. The van der Waals surface area contributed by atoms with E-state index in [1.54, 1.807) is 19.1 Å². The van der Waals surface area contributed by atoms with Gasteiger partial charge in [0, 0.05) is 5.56 Å². The first kappa shape index (κ1) is 29.2. The first-order valence-electron chi connectivity index (χ1n) is 12.4. The SMILES string of the molecule is CC(C)C[C@H](NC(=O)[C@@H](NC(=O)c1cccc(-c2ccccc2)n1)[C@@H](C)O)B1OC(=O)CS[C@H](C)C(=O)O1. The molecular weight excluding hydrogens is 509 g/mol. The van der Waals surface area contributed by atoms with Crippen molar-refractivity contribution in [2.75, 3.05) is 5.75 Å². The standard InChI is InChI=1S/C26H32BN3O7S/c1-15(2)13-21(27-36-22(32)14-38-17(4)26(35)37-27)29-25(34)23(16(3)31)30-24(33)20-12-8-11-19(28-20)18-9-6-5-7-10-18/h5-12,15-17,21,23,31H,13-14H2,1-4H3,(H,29,34)(H,30,33)/t16-,17-,21+,23+/m1/s1.